The first-order chi connectivity index (χ1) is 4.66. The standard InChI is InChI=1S/C8H20N2/c1-3-4-5-8(10)6-7(2)9/h7-8H,3-6,9-10H2,1-2H3. The summed E-state index contributed by atoms with van der Waals surface area (Å²) in [6.45, 7) is 4.18. The van der Waals surface area contributed by atoms with Crippen molar-refractivity contribution in [2.45, 2.75) is 51.6 Å². The van der Waals surface area contributed by atoms with E-state index in [1.54, 1.807) is 0 Å². The molecule has 0 heterocycles. The molecule has 0 bridgehead atoms. The van der Waals surface area contributed by atoms with Gasteiger partial charge in [0.1, 0.15) is 0 Å². The second kappa shape index (κ2) is 5.69. The lowest BCUT2D eigenvalue weighted by atomic mass is 10.0. The lowest BCUT2D eigenvalue weighted by Gasteiger charge is -2.12. The van der Waals surface area contributed by atoms with Crippen LogP contribution in [0.3, 0.4) is 0 Å². The molecule has 0 fully saturated rings. The highest BCUT2D eigenvalue weighted by Crippen LogP contribution is 2.02. The molecule has 0 aromatic carbocycles. The van der Waals surface area contributed by atoms with Crippen LogP contribution in [0.5, 0.6) is 0 Å². The van der Waals surface area contributed by atoms with E-state index in [-0.39, 0.29) is 6.04 Å². The molecule has 0 spiro atoms. The molecule has 0 aliphatic carbocycles. The average Bonchev–Trinajstić information content (AvgIpc) is 1.82. The first kappa shape index (κ1) is 9.92. The van der Waals surface area contributed by atoms with Gasteiger partial charge in [0.15, 0.2) is 0 Å². The second-order valence-electron chi connectivity index (χ2n) is 3.12. The minimum atomic E-state index is 0.256. The van der Waals surface area contributed by atoms with Gasteiger partial charge in [0, 0.05) is 12.1 Å². The smallest absolute Gasteiger partial charge is 0.00534 e. The van der Waals surface area contributed by atoms with Crippen LogP contribution >= 0.6 is 0 Å². The Bertz CT molecular complexity index is 71.7. The topological polar surface area (TPSA) is 52.0 Å². The monoisotopic (exact) mass is 144 g/mol. The third kappa shape index (κ3) is 6.05. The van der Waals surface area contributed by atoms with Crippen molar-refractivity contribution in [3.63, 3.8) is 0 Å². The normalized spacial score (nSPS) is 16.8. The van der Waals surface area contributed by atoms with Gasteiger partial charge in [0.25, 0.3) is 0 Å². The highest BCUT2D eigenvalue weighted by molar-refractivity contribution is 4.66. The minimum absolute atomic E-state index is 0.256. The fourth-order valence-corrected chi connectivity index (χ4v) is 1.06. The third-order valence-corrected chi connectivity index (χ3v) is 1.60. The predicted molar refractivity (Wildman–Crippen MR) is 45.8 cm³/mol. The van der Waals surface area contributed by atoms with Crippen molar-refractivity contribution in [3.05, 3.63) is 0 Å². The Morgan fingerprint density at radius 1 is 1.30 bits per heavy atom. The van der Waals surface area contributed by atoms with Gasteiger partial charge in [-0.3, -0.25) is 0 Å². The van der Waals surface area contributed by atoms with Crippen molar-refractivity contribution in [2.24, 2.45) is 11.5 Å². The van der Waals surface area contributed by atoms with Crippen molar-refractivity contribution in [1.29, 1.82) is 0 Å². The van der Waals surface area contributed by atoms with Crippen LogP contribution < -0.4 is 11.5 Å². The molecule has 0 rings (SSSR count). The molecule has 2 nitrogen and oxygen atoms in total. The van der Waals surface area contributed by atoms with Crippen molar-refractivity contribution < 1.29 is 0 Å². The maximum Gasteiger partial charge on any atom is 0.00534 e. The molecule has 0 radical (unpaired) electrons. The maximum atomic E-state index is 5.78. The Morgan fingerprint density at radius 3 is 2.30 bits per heavy atom. The van der Waals surface area contributed by atoms with Crippen LogP contribution in [0.15, 0.2) is 0 Å². The zero-order valence-electron chi connectivity index (χ0n) is 7.14. The van der Waals surface area contributed by atoms with E-state index >= 15 is 0 Å². The first-order valence-electron chi connectivity index (χ1n) is 4.18. The molecule has 2 atom stereocenters. The van der Waals surface area contributed by atoms with Gasteiger partial charge in [-0.25, -0.2) is 0 Å². The van der Waals surface area contributed by atoms with Gasteiger partial charge in [-0.1, -0.05) is 19.8 Å². The third-order valence-electron chi connectivity index (χ3n) is 1.60. The van der Waals surface area contributed by atoms with E-state index in [1.165, 1.54) is 12.8 Å². The fraction of sp³-hybridized carbons (Fsp3) is 1.00. The van der Waals surface area contributed by atoms with Crippen LogP contribution in [0.25, 0.3) is 0 Å². The number of nitrogens with two attached hydrogens (primary N) is 2. The number of unbranched alkanes of at least 4 members (excludes halogenated alkanes) is 1. The van der Waals surface area contributed by atoms with E-state index in [2.05, 4.69) is 6.92 Å². The molecule has 10 heavy (non-hydrogen) atoms. The van der Waals surface area contributed by atoms with Gasteiger partial charge in [-0.05, 0) is 19.8 Å². The SMILES string of the molecule is CCCCC(N)CC(C)N. The number of rotatable bonds is 5. The van der Waals surface area contributed by atoms with Gasteiger partial charge < -0.3 is 11.5 Å². The van der Waals surface area contributed by atoms with Crippen LogP contribution in [0, 0.1) is 0 Å². The Balaban J connectivity index is 3.16. The summed E-state index contributed by atoms with van der Waals surface area (Å²) >= 11 is 0. The summed E-state index contributed by atoms with van der Waals surface area (Å²) in [6.07, 6.45) is 4.54. The molecule has 0 aliphatic rings. The summed E-state index contributed by atoms with van der Waals surface area (Å²) in [7, 11) is 0. The molecule has 62 valence electrons. The lowest BCUT2D eigenvalue weighted by Crippen LogP contribution is -2.29. The summed E-state index contributed by atoms with van der Waals surface area (Å²) in [5, 5.41) is 0. The van der Waals surface area contributed by atoms with Crippen LogP contribution in [0.4, 0.5) is 0 Å². The van der Waals surface area contributed by atoms with Gasteiger partial charge in [0.05, 0.1) is 0 Å². The zero-order chi connectivity index (χ0) is 7.98. The van der Waals surface area contributed by atoms with Crippen molar-refractivity contribution >= 4 is 0 Å². The van der Waals surface area contributed by atoms with Gasteiger partial charge >= 0.3 is 0 Å². The van der Waals surface area contributed by atoms with E-state index in [1.807, 2.05) is 6.92 Å². The predicted octanol–water partition coefficient (Wildman–Crippen LogP) is 1.24. The highest BCUT2D eigenvalue weighted by atomic mass is 14.7. The molecule has 0 aromatic heterocycles. The van der Waals surface area contributed by atoms with E-state index in [9.17, 15) is 0 Å². The summed E-state index contributed by atoms with van der Waals surface area (Å²) in [5.41, 5.74) is 11.4. The van der Waals surface area contributed by atoms with E-state index < -0.39 is 0 Å². The Labute approximate surface area is 64.0 Å². The Kier molecular flexibility index (Phi) is 5.64. The fourth-order valence-electron chi connectivity index (χ4n) is 1.06. The zero-order valence-corrected chi connectivity index (χ0v) is 7.14. The van der Waals surface area contributed by atoms with Crippen molar-refractivity contribution in [2.75, 3.05) is 0 Å². The Hall–Kier alpha value is -0.0800. The van der Waals surface area contributed by atoms with Crippen LogP contribution in [-0.4, -0.2) is 12.1 Å². The first-order valence-corrected chi connectivity index (χ1v) is 4.18. The molecule has 4 N–H and O–H groups in total. The van der Waals surface area contributed by atoms with Crippen LogP contribution in [0.1, 0.15) is 39.5 Å². The maximum absolute atomic E-state index is 5.78. The lowest BCUT2D eigenvalue weighted by molar-refractivity contribution is 0.500. The molecular weight excluding hydrogens is 124 g/mol. The largest absolute Gasteiger partial charge is 0.328 e. The van der Waals surface area contributed by atoms with E-state index in [4.69, 9.17) is 11.5 Å². The molecule has 0 aliphatic heterocycles. The van der Waals surface area contributed by atoms with Crippen LogP contribution in [-0.2, 0) is 0 Å². The van der Waals surface area contributed by atoms with Crippen LogP contribution in [0.2, 0.25) is 0 Å². The molecule has 2 heteroatoms. The van der Waals surface area contributed by atoms with Gasteiger partial charge in [0.2, 0.25) is 0 Å². The summed E-state index contributed by atoms with van der Waals surface area (Å²) in [4.78, 5) is 0. The summed E-state index contributed by atoms with van der Waals surface area (Å²) in [5.74, 6) is 0. The van der Waals surface area contributed by atoms with Crippen molar-refractivity contribution in [3.8, 4) is 0 Å². The molecular formula is C8H20N2. The van der Waals surface area contributed by atoms with Crippen molar-refractivity contribution in [1.82, 2.24) is 0 Å². The highest BCUT2D eigenvalue weighted by Gasteiger charge is 2.03. The number of hydrogen-bond donors (Lipinski definition) is 2. The molecule has 0 aromatic rings. The summed E-state index contributed by atoms with van der Waals surface area (Å²) < 4.78 is 0. The van der Waals surface area contributed by atoms with E-state index in [0.717, 1.165) is 12.8 Å². The molecule has 0 saturated carbocycles. The molecule has 0 saturated heterocycles. The van der Waals surface area contributed by atoms with E-state index in [0.29, 0.717) is 6.04 Å². The van der Waals surface area contributed by atoms with Gasteiger partial charge in [-0.2, -0.15) is 0 Å². The molecule has 2 unspecified atom stereocenters. The second-order valence-corrected chi connectivity index (χ2v) is 3.12. The minimum Gasteiger partial charge on any atom is -0.328 e. The quantitative estimate of drug-likeness (QED) is 0.610. The summed E-state index contributed by atoms with van der Waals surface area (Å²) in [6, 6.07) is 0.576. The average molecular weight is 144 g/mol. The Morgan fingerprint density at radius 2 is 1.90 bits per heavy atom. The van der Waals surface area contributed by atoms with Gasteiger partial charge in [-0.15, -0.1) is 0 Å². The molecule has 0 amide bonds. The number of hydrogen-bond acceptors (Lipinski definition) is 2.